The van der Waals surface area contributed by atoms with Gasteiger partial charge in [-0.1, -0.05) is 234 Å². The summed E-state index contributed by atoms with van der Waals surface area (Å²) < 4.78 is -20.9. The van der Waals surface area contributed by atoms with Gasteiger partial charge in [0.1, 0.15) is 0 Å². The Morgan fingerprint density at radius 1 is 0.556 bits per heavy atom. The molecule has 19 heteroatoms. The van der Waals surface area contributed by atoms with E-state index in [1.54, 1.807) is 6.92 Å². The van der Waals surface area contributed by atoms with Crippen molar-refractivity contribution in [1.82, 2.24) is 0 Å². The Hall–Kier alpha value is 4.40. The van der Waals surface area contributed by atoms with Gasteiger partial charge in [-0.05, 0) is 23.1 Å². The molecular weight excluding hydrogens is 858 g/mol. The van der Waals surface area contributed by atoms with E-state index in [-0.39, 0.29) is 23.1 Å². The van der Waals surface area contributed by atoms with E-state index >= 15 is 0 Å². The van der Waals surface area contributed by atoms with Gasteiger partial charge in [0.2, 0.25) is 16.3 Å². The second-order valence-corrected chi connectivity index (χ2v) is 19.7. The van der Waals surface area contributed by atoms with Crippen LogP contribution in [0.15, 0.2) is 18.2 Å². The molecule has 1 N–H and O–H groups in total. The van der Waals surface area contributed by atoms with Crippen molar-refractivity contribution in [2.24, 2.45) is 0 Å². The summed E-state index contributed by atoms with van der Waals surface area (Å²) in [6, 6.07) is 3.86. The molecule has 1 aromatic carbocycles. The first-order chi connectivity index (χ1) is 15.6. The molecule has 0 saturated carbocycles. The fourth-order valence-electron chi connectivity index (χ4n) is 2.76. The summed E-state index contributed by atoms with van der Waals surface area (Å²) in [6.45, 7) is 1.58. The third-order valence-electron chi connectivity index (χ3n) is 4.79. The molecule has 36 heavy (non-hydrogen) atoms. The van der Waals surface area contributed by atoms with Gasteiger partial charge in [-0.15, -0.1) is 0 Å². The zero-order valence-corrected chi connectivity index (χ0v) is 30.4. The number of rotatable bonds is 8. The number of aliphatic hydroxyl groups excluding tert-OH is 1. The van der Waals surface area contributed by atoms with Gasteiger partial charge >= 0.3 is 0 Å². The van der Waals surface area contributed by atoms with Crippen LogP contribution < -0.4 is 0 Å². The van der Waals surface area contributed by atoms with Gasteiger partial charge in [0.25, 0.3) is 0 Å². The molecule has 0 fully saturated rings. The first-order valence-corrected chi connectivity index (χ1v) is 15.6. The maximum absolute atomic E-state index is 11.0. The Kier molecular flexibility index (Phi) is 13.3. The van der Waals surface area contributed by atoms with Crippen molar-refractivity contribution in [3.8, 4) is 0 Å². The van der Waals surface area contributed by atoms with Crippen LogP contribution in [0.4, 0.5) is 0 Å². The second kappa shape index (κ2) is 12.4. The molecule has 0 spiro atoms. The predicted octanol–water partition coefficient (Wildman–Crippen LogP) is 12.8. The van der Waals surface area contributed by atoms with Crippen LogP contribution in [0.3, 0.4) is 0 Å². The number of hydrogen-bond donors (Lipinski definition) is 1. The zero-order valence-electron chi connectivity index (χ0n) is 16.8. The van der Waals surface area contributed by atoms with E-state index < -0.39 is 39.7 Å². The number of benzene rings is 1. The minimum absolute atomic E-state index is 0.0154. The molecular formula is C17H10Cl18O. The van der Waals surface area contributed by atoms with Crippen molar-refractivity contribution in [1.29, 1.82) is 0 Å². The largest absolute Gasteiger partial charge is 0.388 e. The molecule has 1 rings (SSSR count). The van der Waals surface area contributed by atoms with Crippen LogP contribution in [-0.4, -0.2) is 30.0 Å². The lowest BCUT2D eigenvalue weighted by Gasteiger charge is -2.47. The van der Waals surface area contributed by atoms with Gasteiger partial charge in [-0.25, -0.2) is 0 Å². The molecule has 0 aromatic heterocycles. The first kappa shape index (κ1) is 38.4. The van der Waals surface area contributed by atoms with Crippen LogP contribution in [0, 0.1) is 0 Å². The van der Waals surface area contributed by atoms with Gasteiger partial charge in [0.05, 0.1) is 6.10 Å². The van der Waals surface area contributed by atoms with E-state index in [1.165, 1.54) is 18.2 Å². The van der Waals surface area contributed by atoms with Crippen molar-refractivity contribution in [3.05, 3.63) is 34.9 Å². The van der Waals surface area contributed by atoms with Gasteiger partial charge in [0.15, 0.2) is 17.3 Å². The van der Waals surface area contributed by atoms with Crippen LogP contribution in [0.25, 0.3) is 0 Å². The highest BCUT2D eigenvalue weighted by molar-refractivity contribution is 6.81. The van der Waals surface area contributed by atoms with Crippen LogP contribution in [0.2, 0.25) is 0 Å². The predicted molar refractivity (Wildman–Crippen MR) is 167 cm³/mol. The summed E-state index contributed by atoms with van der Waals surface area (Å²) in [5.41, 5.74) is -0.699. The monoisotopic (exact) mass is 860 g/mol. The summed E-state index contributed by atoms with van der Waals surface area (Å²) >= 11 is 112. The van der Waals surface area contributed by atoms with Crippen molar-refractivity contribution < 1.29 is 5.11 Å². The molecule has 0 aliphatic heterocycles. The molecule has 0 aliphatic rings. The molecule has 1 nitrogen and oxygen atoms in total. The van der Waals surface area contributed by atoms with Crippen molar-refractivity contribution in [2.75, 3.05) is 0 Å². The first-order valence-electron chi connectivity index (χ1n) is 8.81. The maximum Gasteiger partial charge on any atom is 0.226 e. The standard InChI is InChI=1S/C17H10Cl18O/c1-2-8(36)9-6(10(18,19)12(22,23)14(26,27)16(30,31)32)4-3-5-7(9)11(20,21)13(24,25)15(28,29)17(33,34)35/h3-5,8,36H,2H2,1H3. The van der Waals surface area contributed by atoms with E-state index in [1.807, 2.05) is 0 Å². The highest BCUT2D eigenvalue weighted by Gasteiger charge is 2.71. The molecule has 0 radical (unpaired) electrons. The van der Waals surface area contributed by atoms with Gasteiger partial charge in [0, 0.05) is 0 Å². The van der Waals surface area contributed by atoms with Crippen molar-refractivity contribution >= 4 is 209 Å². The van der Waals surface area contributed by atoms with Crippen LogP contribution in [0.1, 0.15) is 36.1 Å². The lowest BCUT2D eigenvalue weighted by Crippen LogP contribution is -2.56. The highest BCUT2D eigenvalue weighted by atomic mass is 35.6. The summed E-state index contributed by atoms with van der Waals surface area (Å²) in [5.74, 6) is 0. The van der Waals surface area contributed by atoms with E-state index in [9.17, 15) is 5.11 Å². The molecule has 1 atom stereocenters. The highest BCUT2D eigenvalue weighted by Crippen LogP contribution is 2.68. The smallest absolute Gasteiger partial charge is 0.226 e. The minimum atomic E-state index is -2.70. The molecule has 0 heterocycles. The summed E-state index contributed by atoms with van der Waals surface area (Å²) in [4.78, 5) is 0. The molecule has 1 unspecified atom stereocenters. The van der Waals surface area contributed by atoms with Crippen LogP contribution in [-0.2, 0) is 8.67 Å². The topological polar surface area (TPSA) is 20.2 Å². The van der Waals surface area contributed by atoms with Crippen LogP contribution in [0.5, 0.6) is 0 Å². The SMILES string of the molecule is CCC(O)c1c(C(Cl)(Cl)C(Cl)(Cl)C(Cl)(Cl)C(Cl)(Cl)Cl)cccc1C(Cl)(Cl)C(Cl)(Cl)C(Cl)(Cl)C(Cl)(Cl)Cl. The Balaban J connectivity index is 4.10. The summed E-state index contributed by atoms with van der Waals surface area (Å²) in [7, 11) is 0. The Labute approximate surface area is 298 Å². The third-order valence-corrected chi connectivity index (χ3v) is 15.7. The molecule has 210 valence electrons. The molecule has 0 saturated heterocycles. The van der Waals surface area contributed by atoms with E-state index in [2.05, 4.69) is 0 Å². The fraction of sp³-hybridized carbons (Fsp3) is 0.647. The van der Waals surface area contributed by atoms with E-state index in [0.717, 1.165) is 0 Å². The Morgan fingerprint density at radius 2 is 0.833 bits per heavy atom. The number of halogens is 18. The average Bonchev–Trinajstić information content (AvgIpc) is 2.70. The molecule has 0 bridgehead atoms. The van der Waals surface area contributed by atoms with Crippen molar-refractivity contribution in [3.63, 3.8) is 0 Å². The Morgan fingerprint density at radius 3 is 1.06 bits per heavy atom. The minimum Gasteiger partial charge on any atom is -0.388 e. The van der Waals surface area contributed by atoms with Gasteiger partial charge < -0.3 is 5.11 Å². The van der Waals surface area contributed by atoms with Crippen LogP contribution >= 0.6 is 209 Å². The zero-order chi connectivity index (χ0) is 29.1. The Bertz CT molecular complexity index is 874. The maximum atomic E-state index is 11.0. The molecule has 0 aliphatic carbocycles. The summed E-state index contributed by atoms with van der Waals surface area (Å²) in [5, 5.41) is 11.0. The second-order valence-electron chi connectivity index (χ2n) is 7.13. The quantitative estimate of drug-likeness (QED) is 0.258. The molecule has 1 aromatic rings. The summed E-state index contributed by atoms with van der Waals surface area (Å²) in [6.07, 6.45) is -1.42. The van der Waals surface area contributed by atoms with E-state index in [4.69, 9.17) is 209 Å². The van der Waals surface area contributed by atoms with Crippen molar-refractivity contribution in [2.45, 2.75) is 53.0 Å². The number of alkyl halides is 18. The van der Waals surface area contributed by atoms with Gasteiger partial charge in [-0.3, -0.25) is 0 Å². The van der Waals surface area contributed by atoms with Gasteiger partial charge in [-0.2, -0.15) is 0 Å². The third kappa shape index (κ3) is 6.57. The lowest BCUT2D eigenvalue weighted by atomic mass is 9.88. The fourth-order valence-corrected chi connectivity index (χ4v) is 7.35. The lowest BCUT2D eigenvalue weighted by molar-refractivity contribution is 0.170. The number of hydrogen-bond acceptors (Lipinski definition) is 1. The average molecular weight is 868 g/mol. The molecule has 0 amide bonds. The van der Waals surface area contributed by atoms with E-state index in [0.29, 0.717) is 0 Å². The normalized spacial score (nSPS) is 16.3. The number of aliphatic hydroxyl groups is 1.